The number of rotatable bonds is 3. The molecule has 0 aliphatic heterocycles. The minimum Gasteiger partial charge on any atom is -0.299 e. The van der Waals surface area contributed by atoms with Gasteiger partial charge in [-0.15, -0.1) is 0 Å². The van der Waals surface area contributed by atoms with Crippen LogP contribution in [0.3, 0.4) is 0 Å². The maximum atomic E-state index is 11.7. The van der Waals surface area contributed by atoms with Crippen LogP contribution in [0.1, 0.15) is 25.7 Å². The van der Waals surface area contributed by atoms with E-state index in [0.29, 0.717) is 22.3 Å². The van der Waals surface area contributed by atoms with Gasteiger partial charge in [-0.1, -0.05) is 0 Å². The number of hydrogen-bond donors (Lipinski definition) is 0. The van der Waals surface area contributed by atoms with Crippen molar-refractivity contribution >= 4 is 28.4 Å². The van der Waals surface area contributed by atoms with Gasteiger partial charge in [-0.05, 0) is 41.9 Å². The van der Waals surface area contributed by atoms with E-state index in [2.05, 4.69) is 4.98 Å². The van der Waals surface area contributed by atoms with E-state index in [1.54, 1.807) is 17.1 Å². The van der Waals surface area contributed by atoms with Crippen molar-refractivity contribution in [3.05, 3.63) is 26.4 Å². The molecule has 1 unspecified atom stereocenters. The highest BCUT2D eigenvalue weighted by molar-refractivity contribution is 14.1. The van der Waals surface area contributed by atoms with Gasteiger partial charge in [0.15, 0.2) is 0 Å². The Balaban J connectivity index is 2.02. The van der Waals surface area contributed by atoms with Gasteiger partial charge in [0.05, 0.1) is 9.90 Å². The zero-order valence-electron chi connectivity index (χ0n) is 8.86. The molecule has 86 valence electrons. The number of halogens is 1. The fraction of sp³-hybridized carbons (Fsp3) is 0.545. The third-order valence-corrected chi connectivity index (χ3v) is 3.75. The van der Waals surface area contributed by atoms with Gasteiger partial charge in [0, 0.05) is 25.1 Å². The number of ketones is 1. The SMILES string of the molecule is O=C1CCCC1CCn1cncc(I)c1=O. The van der Waals surface area contributed by atoms with Crippen LogP contribution in [0.5, 0.6) is 0 Å². The summed E-state index contributed by atoms with van der Waals surface area (Å²) in [6.07, 6.45) is 6.56. The molecule has 1 heterocycles. The molecule has 1 aromatic heterocycles. The van der Waals surface area contributed by atoms with E-state index in [1.807, 2.05) is 22.6 Å². The molecule has 2 rings (SSSR count). The van der Waals surface area contributed by atoms with Crippen LogP contribution in [0.4, 0.5) is 0 Å². The van der Waals surface area contributed by atoms with E-state index < -0.39 is 0 Å². The largest absolute Gasteiger partial charge is 0.299 e. The summed E-state index contributed by atoms with van der Waals surface area (Å²) in [6, 6.07) is 0. The topological polar surface area (TPSA) is 52.0 Å². The van der Waals surface area contributed by atoms with Crippen molar-refractivity contribution in [3.63, 3.8) is 0 Å². The quantitative estimate of drug-likeness (QED) is 0.791. The van der Waals surface area contributed by atoms with Crippen LogP contribution in [0, 0.1) is 9.49 Å². The standard InChI is InChI=1S/C11H13IN2O2/c12-9-6-13-7-14(11(9)16)5-4-8-2-1-3-10(8)15/h6-8H,1-5H2. The number of carbonyl (C=O) groups is 1. The smallest absolute Gasteiger partial charge is 0.266 e. The minimum atomic E-state index is -0.0129. The second-order valence-corrected chi connectivity index (χ2v) is 5.25. The summed E-state index contributed by atoms with van der Waals surface area (Å²) in [6.45, 7) is 0.596. The molecule has 1 aliphatic rings. The van der Waals surface area contributed by atoms with Gasteiger partial charge in [0.2, 0.25) is 0 Å². The van der Waals surface area contributed by atoms with Gasteiger partial charge < -0.3 is 0 Å². The van der Waals surface area contributed by atoms with Crippen molar-refractivity contribution in [2.24, 2.45) is 5.92 Å². The lowest BCUT2D eigenvalue weighted by Gasteiger charge is -2.09. The highest BCUT2D eigenvalue weighted by Gasteiger charge is 2.23. The Kier molecular flexibility index (Phi) is 3.73. The first-order chi connectivity index (χ1) is 7.68. The highest BCUT2D eigenvalue weighted by atomic mass is 127. The van der Waals surface area contributed by atoms with Gasteiger partial charge in [0.1, 0.15) is 5.78 Å². The third-order valence-electron chi connectivity index (χ3n) is 3.01. The van der Waals surface area contributed by atoms with Gasteiger partial charge in [0.25, 0.3) is 5.56 Å². The maximum absolute atomic E-state index is 11.7. The molecule has 1 aliphatic carbocycles. The molecular weight excluding hydrogens is 319 g/mol. The molecule has 0 saturated heterocycles. The normalized spacial score (nSPS) is 20.3. The van der Waals surface area contributed by atoms with Crippen LogP contribution in [0.25, 0.3) is 0 Å². The molecule has 0 radical (unpaired) electrons. The molecule has 0 N–H and O–H groups in total. The Morgan fingerprint density at radius 3 is 3.00 bits per heavy atom. The van der Waals surface area contributed by atoms with E-state index >= 15 is 0 Å². The van der Waals surface area contributed by atoms with E-state index in [-0.39, 0.29) is 11.5 Å². The predicted molar refractivity (Wildman–Crippen MR) is 68.2 cm³/mol. The van der Waals surface area contributed by atoms with Crippen molar-refractivity contribution in [2.75, 3.05) is 0 Å². The number of aromatic nitrogens is 2. The Morgan fingerprint density at radius 2 is 2.31 bits per heavy atom. The summed E-state index contributed by atoms with van der Waals surface area (Å²) >= 11 is 1.98. The average molecular weight is 332 g/mol. The highest BCUT2D eigenvalue weighted by Crippen LogP contribution is 2.24. The first-order valence-corrected chi connectivity index (χ1v) is 6.49. The van der Waals surface area contributed by atoms with E-state index in [0.717, 1.165) is 19.3 Å². The lowest BCUT2D eigenvalue weighted by atomic mass is 10.0. The van der Waals surface area contributed by atoms with Gasteiger partial charge in [-0.3, -0.25) is 14.2 Å². The molecular formula is C11H13IN2O2. The number of nitrogens with zero attached hydrogens (tertiary/aromatic N) is 2. The Morgan fingerprint density at radius 1 is 1.50 bits per heavy atom. The number of Topliss-reactive ketones (excluding diaryl/α,β-unsaturated/α-hetero) is 1. The molecule has 1 atom stereocenters. The summed E-state index contributed by atoms with van der Waals surface area (Å²) in [7, 11) is 0. The molecule has 16 heavy (non-hydrogen) atoms. The number of hydrogen-bond acceptors (Lipinski definition) is 3. The minimum absolute atomic E-state index is 0.0129. The van der Waals surface area contributed by atoms with Crippen LogP contribution in [0.15, 0.2) is 17.3 Å². The molecule has 1 aromatic rings. The zero-order chi connectivity index (χ0) is 11.5. The summed E-state index contributed by atoms with van der Waals surface area (Å²) in [4.78, 5) is 27.1. The average Bonchev–Trinajstić information content (AvgIpc) is 2.67. The first kappa shape index (κ1) is 11.8. The van der Waals surface area contributed by atoms with Crippen molar-refractivity contribution in [3.8, 4) is 0 Å². The Labute approximate surface area is 107 Å². The predicted octanol–water partition coefficient (Wildman–Crippen LogP) is 1.61. The van der Waals surface area contributed by atoms with E-state index in [4.69, 9.17) is 0 Å². The van der Waals surface area contributed by atoms with Crippen molar-refractivity contribution < 1.29 is 4.79 Å². The van der Waals surface area contributed by atoms with Gasteiger partial charge in [-0.2, -0.15) is 0 Å². The zero-order valence-corrected chi connectivity index (χ0v) is 11.0. The van der Waals surface area contributed by atoms with Crippen molar-refractivity contribution in [1.29, 1.82) is 0 Å². The molecule has 0 amide bonds. The maximum Gasteiger partial charge on any atom is 0.266 e. The van der Waals surface area contributed by atoms with E-state index in [1.165, 1.54) is 0 Å². The molecule has 0 bridgehead atoms. The third kappa shape index (κ3) is 2.50. The molecule has 0 spiro atoms. The fourth-order valence-corrected chi connectivity index (χ4v) is 2.54. The van der Waals surface area contributed by atoms with Crippen molar-refractivity contribution in [1.82, 2.24) is 9.55 Å². The Bertz CT molecular complexity index is 456. The summed E-state index contributed by atoms with van der Waals surface area (Å²) in [5.41, 5.74) is -0.0129. The monoisotopic (exact) mass is 332 g/mol. The van der Waals surface area contributed by atoms with Crippen LogP contribution in [-0.2, 0) is 11.3 Å². The van der Waals surface area contributed by atoms with Crippen LogP contribution in [-0.4, -0.2) is 15.3 Å². The second kappa shape index (κ2) is 5.07. The summed E-state index contributed by atoms with van der Waals surface area (Å²) in [5.74, 6) is 0.511. The second-order valence-electron chi connectivity index (χ2n) is 4.08. The van der Waals surface area contributed by atoms with Crippen LogP contribution in [0.2, 0.25) is 0 Å². The lowest BCUT2D eigenvalue weighted by Crippen LogP contribution is -2.24. The van der Waals surface area contributed by atoms with Gasteiger partial charge in [-0.25, -0.2) is 4.98 Å². The summed E-state index contributed by atoms with van der Waals surface area (Å²) in [5, 5.41) is 0. The first-order valence-electron chi connectivity index (χ1n) is 5.41. The number of aryl methyl sites for hydroxylation is 1. The van der Waals surface area contributed by atoms with Crippen LogP contribution < -0.4 is 5.56 Å². The molecule has 5 heteroatoms. The molecule has 1 saturated carbocycles. The Hall–Kier alpha value is -0.720. The lowest BCUT2D eigenvalue weighted by molar-refractivity contribution is -0.120. The molecule has 0 aromatic carbocycles. The summed E-state index contributed by atoms with van der Waals surface area (Å²) < 4.78 is 2.21. The molecule has 4 nitrogen and oxygen atoms in total. The van der Waals surface area contributed by atoms with Gasteiger partial charge >= 0.3 is 0 Å². The fourth-order valence-electron chi connectivity index (χ4n) is 2.07. The van der Waals surface area contributed by atoms with Crippen molar-refractivity contribution in [2.45, 2.75) is 32.2 Å². The van der Waals surface area contributed by atoms with E-state index in [9.17, 15) is 9.59 Å². The number of carbonyl (C=O) groups excluding carboxylic acids is 1. The molecule has 1 fully saturated rings. The van der Waals surface area contributed by atoms with Crippen LogP contribution >= 0.6 is 22.6 Å².